The van der Waals surface area contributed by atoms with Gasteiger partial charge in [-0.3, -0.25) is 4.79 Å². The first-order valence-electron chi connectivity index (χ1n) is 6.06. The fourth-order valence-corrected chi connectivity index (χ4v) is 2.20. The summed E-state index contributed by atoms with van der Waals surface area (Å²) in [6.45, 7) is 6.26. The second-order valence-corrected chi connectivity index (χ2v) is 5.45. The summed E-state index contributed by atoms with van der Waals surface area (Å²) in [7, 11) is 0. The molecule has 0 aromatic heterocycles. The van der Waals surface area contributed by atoms with Gasteiger partial charge in [0.1, 0.15) is 0 Å². The number of carbonyl (C=O) groups excluding carboxylic acids is 1. The van der Waals surface area contributed by atoms with Gasteiger partial charge in [0.2, 0.25) is 5.91 Å². The molecule has 92 valence electrons. The Morgan fingerprint density at radius 2 is 2.06 bits per heavy atom. The molecule has 0 heterocycles. The van der Waals surface area contributed by atoms with Crippen LogP contribution in [0.3, 0.4) is 0 Å². The molecule has 0 aromatic carbocycles. The zero-order valence-corrected chi connectivity index (χ0v) is 10.5. The smallest absolute Gasteiger partial charge is 0.223 e. The highest BCUT2D eigenvalue weighted by Crippen LogP contribution is 2.19. The molecule has 1 aliphatic carbocycles. The molecule has 2 N–H and O–H groups in total. The molecular formula is C13H23NO2. The van der Waals surface area contributed by atoms with Crippen LogP contribution in [0.1, 0.15) is 40.0 Å². The fraction of sp³-hybridized carbons (Fsp3) is 0.769. The molecule has 0 fully saturated rings. The number of hydrogen-bond acceptors (Lipinski definition) is 2. The maximum Gasteiger partial charge on any atom is 0.223 e. The Kier molecular flexibility index (Phi) is 4.54. The molecule has 3 heteroatoms. The number of hydrogen-bond donors (Lipinski definition) is 2. The summed E-state index contributed by atoms with van der Waals surface area (Å²) in [5.74, 6) is 0.573. The second kappa shape index (κ2) is 5.48. The Bertz CT molecular complexity index is 261. The maximum atomic E-state index is 11.7. The topological polar surface area (TPSA) is 49.3 Å². The molecule has 0 aromatic rings. The molecule has 1 rings (SSSR count). The summed E-state index contributed by atoms with van der Waals surface area (Å²) in [5, 5.41) is 12.9. The van der Waals surface area contributed by atoms with Gasteiger partial charge < -0.3 is 10.4 Å². The predicted octanol–water partition coefficient (Wildman–Crippen LogP) is 1.87. The zero-order valence-electron chi connectivity index (χ0n) is 10.5. The van der Waals surface area contributed by atoms with E-state index < -0.39 is 5.60 Å². The monoisotopic (exact) mass is 225 g/mol. The van der Waals surface area contributed by atoms with E-state index in [1.165, 1.54) is 0 Å². The van der Waals surface area contributed by atoms with E-state index in [1.807, 2.05) is 12.2 Å². The lowest BCUT2D eigenvalue weighted by Gasteiger charge is -2.26. The van der Waals surface area contributed by atoms with Gasteiger partial charge in [-0.1, -0.05) is 26.0 Å². The van der Waals surface area contributed by atoms with Gasteiger partial charge in [-0.15, -0.1) is 0 Å². The van der Waals surface area contributed by atoms with E-state index in [9.17, 15) is 9.90 Å². The van der Waals surface area contributed by atoms with E-state index in [2.05, 4.69) is 19.2 Å². The Labute approximate surface area is 97.9 Å². The van der Waals surface area contributed by atoms with E-state index in [-0.39, 0.29) is 11.8 Å². The number of aliphatic hydroxyl groups is 1. The van der Waals surface area contributed by atoms with Gasteiger partial charge in [0.25, 0.3) is 0 Å². The first-order chi connectivity index (χ1) is 7.41. The van der Waals surface area contributed by atoms with E-state index >= 15 is 0 Å². The van der Waals surface area contributed by atoms with Crippen molar-refractivity contribution in [3.05, 3.63) is 12.2 Å². The van der Waals surface area contributed by atoms with Crippen molar-refractivity contribution in [2.75, 3.05) is 6.54 Å². The zero-order chi connectivity index (χ0) is 12.2. The van der Waals surface area contributed by atoms with Crippen molar-refractivity contribution in [3.8, 4) is 0 Å². The predicted molar refractivity (Wildman–Crippen MR) is 65.0 cm³/mol. The highest BCUT2D eigenvalue weighted by atomic mass is 16.3. The Morgan fingerprint density at radius 3 is 2.56 bits per heavy atom. The standard InChI is InChI=1S/C13H23NO2/c1-10(2)8-13(3,16)9-14-12(15)11-6-4-5-7-11/h4-5,10-11,16H,6-9H2,1-3H3,(H,14,15). The maximum absolute atomic E-state index is 11.7. The molecule has 1 unspecified atom stereocenters. The quantitative estimate of drug-likeness (QED) is 0.702. The summed E-state index contributed by atoms with van der Waals surface area (Å²) >= 11 is 0. The minimum Gasteiger partial charge on any atom is -0.388 e. The van der Waals surface area contributed by atoms with Crippen LogP contribution in [0.25, 0.3) is 0 Å². The summed E-state index contributed by atoms with van der Waals surface area (Å²) < 4.78 is 0. The number of carbonyl (C=O) groups is 1. The molecule has 0 spiro atoms. The van der Waals surface area contributed by atoms with Crippen LogP contribution < -0.4 is 5.32 Å². The Balaban J connectivity index is 2.30. The SMILES string of the molecule is CC(C)CC(C)(O)CNC(=O)C1CC=CC1. The number of amides is 1. The molecule has 1 aliphatic rings. The lowest BCUT2D eigenvalue weighted by atomic mass is 9.94. The summed E-state index contributed by atoms with van der Waals surface area (Å²) in [4.78, 5) is 11.7. The Morgan fingerprint density at radius 1 is 1.50 bits per heavy atom. The van der Waals surface area contributed by atoms with E-state index in [0.29, 0.717) is 18.9 Å². The number of rotatable bonds is 5. The average Bonchev–Trinajstić information content (AvgIpc) is 2.64. The van der Waals surface area contributed by atoms with E-state index in [1.54, 1.807) is 6.92 Å². The molecule has 0 aliphatic heterocycles. The van der Waals surface area contributed by atoms with Crippen LogP contribution >= 0.6 is 0 Å². The first-order valence-corrected chi connectivity index (χ1v) is 6.06. The van der Waals surface area contributed by atoms with Crippen LogP contribution in [0.4, 0.5) is 0 Å². The summed E-state index contributed by atoms with van der Waals surface area (Å²) in [6, 6.07) is 0. The highest BCUT2D eigenvalue weighted by molar-refractivity contribution is 5.79. The largest absolute Gasteiger partial charge is 0.388 e. The normalized spacial score (nSPS) is 20.1. The highest BCUT2D eigenvalue weighted by Gasteiger charge is 2.25. The van der Waals surface area contributed by atoms with Crippen molar-refractivity contribution in [2.45, 2.75) is 45.6 Å². The second-order valence-electron chi connectivity index (χ2n) is 5.45. The molecule has 0 saturated carbocycles. The van der Waals surface area contributed by atoms with Gasteiger partial charge in [0.15, 0.2) is 0 Å². The van der Waals surface area contributed by atoms with Gasteiger partial charge in [0.05, 0.1) is 5.60 Å². The minimum absolute atomic E-state index is 0.0639. The average molecular weight is 225 g/mol. The molecule has 0 saturated heterocycles. The van der Waals surface area contributed by atoms with Gasteiger partial charge >= 0.3 is 0 Å². The van der Waals surface area contributed by atoms with E-state index in [0.717, 1.165) is 12.8 Å². The van der Waals surface area contributed by atoms with Crippen LogP contribution in [-0.2, 0) is 4.79 Å². The third-order valence-electron chi connectivity index (χ3n) is 2.87. The third kappa shape index (κ3) is 4.35. The number of allylic oxidation sites excluding steroid dienone is 2. The van der Waals surface area contributed by atoms with Gasteiger partial charge in [-0.25, -0.2) is 0 Å². The molecule has 1 amide bonds. The Hall–Kier alpha value is -0.830. The minimum atomic E-state index is -0.796. The molecular weight excluding hydrogens is 202 g/mol. The van der Waals surface area contributed by atoms with Crippen molar-refractivity contribution in [1.29, 1.82) is 0 Å². The summed E-state index contributed by atoms with van der Waals surface area (Å²) in [5.41, 5.74) is -0.796. The van der Waals surface area contributed by atoms with Crippen molar-refractivity contribution >= 4 is 5.91 Å². The lowest BCUT2D eigenvalue weighted by Crippen LogP contribution is -2.43. The van der Waals surface area contributed by atoms with Crippen molar-refractivity contribution in [1.82, 2.24) is 5.32 Å². The molecule has 3 nitrogen and oxygen atoms in total. The fourth-order valence-electron chi connectivity index (χ4n) is 2.20. The van der Waals surface area contributed by atoms with Gasteiger partial charge in [-0.2, -0.15) is 0 Å². The van der Waals surface area contributed by atoms with Crippen LogP contribution in [-0.4, -0.2) is 23.2 Å². The van der Waals surface area contributed by atoms with E-state index in [4.69, 9.17) is 0 Å². The van der Waals surface area contributed by atoms with Gasteiger partial charge in [-0.05, 0) is 32.1 Å². The van der Waals surface area contributed by atoms with Crippen molar-refractivity contribution < 1.29 is 9.90 Å². The molecule has 0 bridgehead atoms. The van der Waals surface area contributed by atoms with Crippen LogP contribution in [0, 0.1) is 11.8 Å². The van der Waals surface area contributed by atoms with Crippen molar-refractivity contribution in [2.24, 2.45) is 11.8 Å². The summed E-state index contributed by atoms with van der Waals surface area (Å²) in [6.07, 6.45) is 6.44. The molecule has 16 heavy (non-hydrogen) atoms. The lowest BCUT2D eigenvalue weighted by molar-refractivity contribution is -0.125. The first kappa shape index (κ1) is 13.2. The molecule has 1 atom stereocenters. The van der Waals surface area contributed by atoms with Crippen LogP contribution in [0.5, 0.6) is 0 Å². The third-order valence-corrected chi connectivity index (χ3v) is 2.87. The van der Waals surface area contributed by atoms with Crippen LogP contribution in [0.2, 0.25) is 0 Å². The van der Waals surface area contributed by atoms with Crippen molar-refractivity contribution in [3.63, 3.8) is 0 Å². The number of nitrogens with one attached hydrogen (secondary N) is 1. The van der Waals surface area contributed by atoms with Gasteiger partial charge in [0, 0.05) is 12.5 Å². The van der Waals surface area contributed by atoms with Crippen LogP contribution in [0.15, 0.2) is 12.2 Å². The molecule has 0 radical (unpaired) electrons.